The van der Waals surface area contributed by atoms with Gasteiger partial charge in [0.1, 0.15) is 0 Å². The van der Waals surface area contributed by atoms with E-state index < -0.39 is 0 Å². The van der Waals surface area contributed by atoms with Crippen molar-refractivity contribution in [2.75, 3.05) is 12.3 Å². The van der Waals surface area contributed by atoms with E-state index in [9.17, 15) is 4.79 Å². The number of aryl methyl sites for hydroxylation is 1. The first-order chi connectivity index (χ1) is 9.04. The van der Waals surface area contributed by atoms with Crippen LogP contribution in [0.4, 0.5) is 5.69 Å². The topological polar surface area (TPSA) is 70.1 Å². The van der Waals surface area contributed by atoms with Crippen molar-refractivity contribution in [3.63, 3.8) is 0 Å². The molecule has 102 valence electrons. The maximum Gasteiger partial charge on any atom is 0.223 e. The van der Waals surface area contributed by atoms with Crippen molar-refractivity contribution in [2.45, 2.75) is 39.2 Å². The van der Waals surface area contributed by atoms with Gasteiger partial charge < -0.3 is 10.6 Å². The standard InChI is InChI=1S/C15H21N3O/c1-12(2)18(11-3-10-16)15(19)9-6-13-4-7-14(17)8-5-13/h4-5,7-8,12H,3,6,9,11,17H2,1-2H3. The maximum atomic E-state index is 12.1. The van der Waals surface area contributed by atoms with Crippen LogP contribution in [-0.2, 0) is 11.2 Å². The number of nitrogens with zero attached hydrogens (tertiary/aromatic N) is 2. The molecule has 0 saturated heterocycles. The summed E-state index contributed by atoms with van der Waals surface area (Å²) in [6, 6.07) is 9.78. The Morgan fingerprint density at radius 2 is 2.00 bits per heavy atom. The number of nitrogens with two attached hydrogens (primary N) is 1. The van der Waals surface area contributed by atoms with Gasteiger partial charge in [0.15, 0.2) is 0 Å². The molecule has 4 heteroatoms. The van der Waals surface area contributed by atoms with E-state index in [0.29, 0.717) is 25.8 Å². The van der Waals surface area contributed by atoms with Crippen molar-refractivity contribution in [1.29, 1.82) is 5.26 Å². The average molecular weight is 259 g/mol. The van der Waals surface area contributed by atoms with Gasteiger partial charge in [-0.1, -0.05) is 12.1 Å². The minimum absolute atomic E-state index is 0.0991. The quantitative estimate of drug-likeness (QED) is 0.797. The first kappa shape index (κ1) is 15.0. The summed E-state index contributed by atoms with van der Waals surface area (Å²) in [7, 11) is 0. The van der Waals surface area contributed by atoms with E-state index >= 15 is 0 Å². The van der Waals surface area contributed by atoms with Gasteiger partial charge >= 0.3 is 0 Å². The number of nitrogen functional groups attached to an aromatic ring is 1. The molecule has 0 aliphatic carbocycles. The van der Waals surface area contributed by atoms with Crippen LogP contribution in [-0.4, -0.2) is 23.4 Å². The Bertz CT molecular complexity index is 445. The van der Waals surface area contributed by atoms with Gasteiger partial charge in [-0.2, -0.15) is 5.26 Å². The SMILES string of the molecule is CC(C)N(CCC#N)C(=O)CCc1ccc(N)cc1. The fourth-order valence-electron chi connectivity index (χ4n) is 1.92. The Hall–Kier alpha value is -2.02. The molecule has 0 fully saturated rings. The highest BCUT2D eigenvalue weighted by Crippen LogP contribution is 2.10. The highest BCUT2D eigenvalue weighted by atomic mass is 16.2. The molecule has 2 N–H and O–H groups in total. The molecule has 0 heterocycles. The van der Waals surface area contributed by atoms with Gasteiger partial charge in [-0.25, -0.2) is 0 Å². The van der Waals surface area contributed by atoms with Gasteiger partial charge in [0.25, 0.3) is 0 Å². The minimum Gasteiger partial charge on any atom is -0.399 e. The third-order valence-electron chi connectivity index (χ3n) is 3.02. The molecular formula is C15H21N3O. The largest absolute Gasteiger partial charge is 0.399 e. The molecule has 1 rings (SSSR count). The zero-order valence-electron chi connectivity index (χ0n) is 11.6. The maximum absolute atomic E-state index is 12.1. The summed E-state index contributed by atoms with van der Waals surface area (Å²) in [4.78, 5) is 13.9. The van der Waals surface area contributed by atoms with Gasteiger partial charge in [-0.15, -0.1) is 0 Å². The third kappa shape index (κ3) is 5.01. The Balaban J connectivity index is 2.52. The van der Waals surface area contributed by atoms with Crippen molar-refractivity contribution in [2.24, 2.45) is 0 Å². The van der Waals surface area contributed by atoms with E-state index in [2.05, 4.69) is 6.07 Å². The molecule has 0 aliphatic rings. The van der Waals surface area contributed by atoms with Crippen LogP contribution in [0.25, 0.3) is 0 Å². The molecule has 19 heavy (non-hydrogen) atoms. The predicted molar refractivity (Wildman–Crippen MR) is 76.3 cm³/mol. The zero-order valence-corrected chi connectivity index (χ0v) is 11.6. The van der Waals surface area contributed by atoms with E-state index in [0.717, 1.165) is 11.3 Å². The summed E-state index contributed by atoms with van der Waals surface area (Å²) in [5, 5.41) is 8.61. The summed E-state index contributed by atoms with van der Waals surface area (Å²) in [6.07, 6.45) is 1.55. The fourth-order valence-corrected chi connectivity index (χ4v) is 1.92. The number of carbonyl (C=O) groups is 1. The summed E-state index contributed by atoms with van der Waals surface area (Å²) in [5.74, 6) is 0.0991. The Labute approximate surface area is 114 Å². The molecule has 0 saturated carbocycles. The lowest BCUT2D eigenvalue weighted by molar-refractivity contribution is -0.132. The number of nitriles is 1. The summed E-state index contributed by atoms with van der Waals surface area (Å²) in [6.45, 7) is 4.45. The second kappa shape index (κ2) is 7.42. The van der Waals surface area contributed by atoms with Crippen LogP contribution < -0.4 is 5.73 Å². The van der Waals surface area contributed by atoms with E-state index in [1.807, 2.05) is 38.1 Å². The van der Waals surface area contributed by atoms with Crippen LogP contribution in [0.1, 0.15) is 32.3 Å². The lowest BCUT2D eigenvalue weighted by Gasteiger charge is -2.25. The number of hydrogen-bond acceptors (Lipinski definition) is 3. The Morgan fingerprint density at radius 1 is 1.37 bits per heavy atom. The van der Waals surface area contributed by atoms with Crippen LogP contribution in [0.3, 0.4) is 0 Å². The van der Waals surface area contributed by atoms with Crippen LogP contribution >= 0.6 is 0 Å². The van der Waals surface area contributed by atoms with Crippen LogP contribution in [0, 0.1) is 11.3 Å². The first-order valence-corrected chi connectivity index (χ1v) is 6.55. The molecule has 0 aliphatic heterocycles. The number of amides is 1. The highest BCUT2D eigenvalue weighted by molar-refractivity contribution is 5.76. The normalized spacial score (nSPS) is 10.2. The first-order valence-electron chi connectivity index (χ1n) is 6.55. The fraction of sp³-hybridized carbons (Fsp3) is 0.467. The van der Waals surface area contributed by atoms with Crippen LogP contribution in [0.15, 0.2) is 24.3 Å². The molecule has 0 bridgehead atoms. The van der Waals surface area contributed by atoms with E-state index in [1.54, 1.807) is 4.90 Å². The number of benzene rings is 1. The van der Waals surface area contributed by atoms with E-state index in [4.69, 9.17) is 11.0 Å². The molecule has 4 nitrogen and oxygen atoms in total. The molecule has 1 aromatic rings. The zero-order chi connectivity index (χ0) is 14.3. The molecule has 0 unspecified atom stereocenters. The molecule has 1 aromatic carbocycles. The van der Waals surface area contributed by atoms with Gasteiger partial charge in [0.2, 0.25) is 5.91 Å². The molecular weight excluding hydrogens is 238 g/mol. The summed E-state index contributed by atoms with van der Waals surface area (Å²) in [5.41, 5.74) is 7.45. The minimum atomic E-state index is 0.0991. The van der Waals surface area contributed by atoms with Crippen molar-refractivity contribution in [1.82, 2.24) is 4.90 Å². The second-order valence-electron chi connectivity index (χ2n) is 4.83. The van der Waals surface area contributed by atoms with Crippen molar-refractivity contribution < 1.29 is 4.79 Å². The Kier molecular flexibility index (Phi) is 5.87. The molecule has 0 radical (unpaired) electrons. The van der Waals surface area contributed by atoms with E-state index in [1.165, 1.54) is 0 Å². The summed E-state index contributed by atoms with van der Waals surface area (Å²) >= 11 is 0. The van der Waals surface area contributed by atoms with Gasteiger partial charge in [-0.3, -0.25) is 4.79 Å². The number of hydrogen-bond donors (Lipinski definition) is 1. The lowest BCUT2D eigenvalue weighted by Crippen LogP contribution is -2.37. The predicted octanol–water partition coefficient (Wildman–Crippen LogP) is 2.35. The summed E-state index contributed by atoms with van der Waals surface area (Å²) < 4.78 is 0. The van der Waals surface area contributed by atoms with E-state index in [-0.39, 0.29) is 11.9 Å². The monoisotopic (exact) mass is 259 g/mol. The number of rotatable bonds is 6. The highest BCUT2D eigenvalue weighted by Gasteiger charge is 2.16. The van der Waals surface area contributed by atoms with Crippen molar-refractivity contribution in [3.05, 3.63) is 29.8 Å². The van der Waals surface area contributed by atoms with Crippen molar-refractivity contribution in [3.8, 4) is 6.07 Å². The average Bonchev–Trinajstić information content (AvgIpc) is 2.38. The number of carbonyl (C=O) groups excluding carboxylic acids is 1. The lowest BCUT2D eigenvalue weighted by atomic mass is 10.1. The number of anilines is 1. The van der Waals surface area contributed by atoms with Crippen LogP contribution in [0.5, 0.6) is 0 Å². The molecule has 1 amide bonds. The molecule has 0 aromatic heterocycles. The second-order valence-corrected chi connectivity index (χ2v) is 4.83. The van der Waals surface area contributed by atoms with Gasteiger partial charge in [-0.05, 0) is 38.0 Å². The van der Waals surface area contributed by atoms with Gasteiger partial charge in [0, 0.05) is 24.7 Å². The smallest absolute Gasteiger partial charge is 0.223 e. The molecule has 0 spiro atoms. The Morgan fingerprint density at radius 3 is 2.53 bits per heavy atom. The van der Waals surface area contributed by atoms with Gasteiger partial charge in [0.05, 0.1) is 12.5 Å². The molecule has 0 atom stereocenters. The third-order valence-corrected chi connectivity index (χ3v) is 3.02. The van der Waals surface area contributed by atoms with Crippen LogP contribution in [0.2, 0.25) is 0 Å². The van der Waals surface area contributed by atoms with Crippen molar-refractivity contribution >= 4 is 11.6 Å².